The minimum absolute atomic E-state index is 0.115. The molecular formula is C9H10N6O3S. The maximum absolute atomic E-state index is 11.7. The number of thiazole rings is 1. The molecular weight excluding hydrogens is 272 g/mol. The first-order chi connectivity index (χ1) is 9.20. The molecule has 10 heteroatoms. The Morgan fingerprint density at radius 2 is 2.37 bits per heavy atom. The van der Waals surface area contributed by atoms with Crippen molar-refractivity contribution in [3.63, 3.8) is 0 Å². The number of esters is 1. The second-order valence-electron chi connectivity index (χ2n) is 3.27. The Labute approximate surface area is 111 Å². The number of aromatic nitrogens is 5. The van der Waals surface area contributed by atoms with Gasteiger partial charge in [-0.25, -0.2) is 14.5 Å². The van der Waals surface area contributed by atoms with E-state index >= 15 is 0 Å². The van der Waals surface area contributed by atoms with Crippen molar-refractivity contribution in [2.45, 2.75) is 13.5 Å². The molecule has 0 aromatic carbocycles. The highest BCUT2D eigenvalue weighted by molar-refractivity contribution is 7.13. The maximum Gasteiger partial charge on any atom is 0.378 e. The van der Waals surface area contributed by atoms with Crippen LogP contribution in [0.1, 0.15) is 17.5 Å². The van der Waals surface area contributed by atoms with Crippen molar-refractivity contribution in [1.82, 2.24) is 25.2 Å². The van der Waals surface area contributed by atoms with Crippen LogP contribution in [0.2, 0.25) is 0 Å². The summed E-state index contributed by atoms with van der Waals surface area (Å²) in [5.41, 5.74) is 0. The zero-order valence-electron chi connectivity index (χ0n) is 9.94. The van der Waals surface area contributed by atoms with Crippen molar-refractivity contribution in [2.75, 3.05) is 11.9 Å². The van der Waals surface area contributed by atoms with Gasteiger partial charge in [-0.2, -0.15) is 0 Å². The van der Waals surface area contributed by atoms with E-state index in [0.717, 1.165) is 4.68 Å². The zero-order valence-corrected chi connectivity index (χ0v) is 10.8. The van der Waals surface area contributed by atoms with Crippen molar-refractivity contribution >= 4 is 28.3 Å². The molecule has 0 aliphatic rings. The van der Waals surface area contributed by atoms with Gasteiger partial charge < -0.3 is 10.1 Å². The van der Waals surface area contributed by atoms with Gasteiger partial charge in [-0.3, -0.25) is 4.79 Å². The molecule has 0 atom stereocenters. The van der Waals surface area contributed by atoms with Crippen molar-refractivity contribution < 1.29 is 14.3 Å². The summed E-state index contributed by atoms with van der Waals surface area (Å²) >= 11 is 1.29. The summed E-state index contributed by atoms with van der Waals surface area (Å²) in [5, 5.41) is 15.2. The molecule has 19 heavy (non-hydrogen) atoms. The van der Waals surface area contributed by atoms with E-state index in [2.05, 4.69) is 25.8 Å². The number of carbonyl (C=O) groups is 2. The number of amides is 1. The Balaban J connectivity index is 2.01. The second kappa shape index (κ2) is 6.00. The molecule has 0 saturated carbocycles. The summed E-state index contributed by atoms with van der Waals surface area (Å²) in [6.07, 6.45) is 1.57. The van der Waals surface area contributed by atoms with Crippen LogP contribution >= 0.6 is 11.3 Å². The molecule has 0 radical (unpaired) electrons. The minimum Gasteiger partial charge on any atom is -0.460 e. The predicted octanol–water partition coefficient (Wildman–Crippen LogP) is -0.0550. The highest BCUT2D eigenvalue weighted by Gasteiger charge is 2.18. The Morgan fingerprint density at radius 3 is 3.05 bits per heavy atom. The molecule has 0 fully saturated rings. The number of carbonyl (C=O) groups excluding carboxylic acids is 2. The van der Waals surface area contributed by atoms with Gasteiger partial charge in [0.1, 0.15) is 6.54 Å². The van der Waals surface area contributed by atoms with Gasteiger partial charge in [-0.05, 0) is 17.4 Å². The van der Waals surface area contributed by atoms with Gasteiger partial charge >= 0.3 is 5.97 Å². The molecule has 100 valence electrons. The first-order valence-corrected chi connectivity index (χ1v) is 6.21. The standard InChI is InChI=1S/C9H10N6O3S/c1-2-18-8(17)7-12-13-14-15(7)5-6(16)11-9-10-3-4-19-9/h3-4H,2,5H2,1H3,(H,10,11,16). The molecule has 0 saturated heterocycles. The van der Waals surface area contributed by atoms with E-state index in [0.29, 0.717) is 5.13 Å². The number of nitrogens with zero attached hydrogens (tertiary/aromatic N) is 5. The average molecular weight is 282 g/mol. The fourth-order valence-electron chi connectivity index (χ4n) is 1.23. The summed E-state index contributed by atoms with van der Waals surface area (Å²) < 4.78 is 5.84. The highest BCUT2D eigenvalue weighted by Crippen LogP contribution is 2.10. The first-order valence-electron chi connectivity index (χ1n) is 5.33. The largest absolute Gasteiger partial charge is 0.460 e. The monoisotopic (exact) mass is 282 g/mol. The van der Waals surface area contributed by atoms with E-state index in [4.69, 9.17) is 4.74 Å². The molecule has 0 unspecified atom stereocenters. The summed E-state index contributed by atoms with van der Waals surface area (Å²) in [5.74, 6) is -1.17. The average Bonchev–Trinajstić information content (AvgIpc) is 3.00. The first kappa shape index (κ1) is 13.1. The van der Waals surface area contributed by atoms with E-state index in [1.165, 1.54) is 11.3 Å². The van der Waals surface area contributed by atoms with Gasteiger partial charge in [-0.15, -0.1) is 16.4 Å². The van der Waals surface area contributed by atoms with Crippen molar-refractivity contribution in [3.8, 4) is 0 Å². The van der Waals surface area contributed by atoms with Crippen LogP contribution in [0.4, 0.5) is 5.13 Å². The summed E-state index contributed by atoms with van der Waals surface area (Å²) in [4.78, 5) is 27.1. The quantitative estimate of drug-likeness (QED) is 0.765. The van der Waals surface area contributed by atoms with E-state index in [1.54, 1.807) is 18.5 Å². The molecule has 0 spiro atoms. The third kappa shape index (κ3) is 3.31. The molecule has 2 aromatic rings. The Morgan fingerprint density at radius 1 is 1.53 bits per heavy atom. The normalized spacial score (nSPS) is 10.2. The van der Waals surface area contributed by atoms with Gasteiger partial charge in [0.05, 0.1) is 6.61 Å². The number of hydrogen-bond donors (Lipinski definition) is 1. The zero-order chi connectivity index (χ0) is 13.7. The third-order valence-corrected chi connectivity index (χ3v) is 2.65. The van der Waals surface area contributed by atoms with E-state index in [-0.39, 0.29) is 24.9 Å². The number of nitrogens with one attached hydrogen (secondary N) is 1. The fraction of sp³-hybridized carbons (Fsp3) is 0.333. The molecule has 0 aliphatic heterocycles. The molecule has 2 rings (SSSR count). The van der Waals surface area contributed by atoms with E-state index < -0.39 is 5.97 Å². The smallest absolute Gasteiger partial charge is 0.378 e. The lowest BCUT2D eigenvalue weighted by atomic mass is 10.5. The van der Waals surface area contributed by atoms with Crippen LogP contribution in [0, 0.1) is 0 Å². The summed E-state index contributed by atoms with van der Waals surface area (Å²) in [6, 6.07) is 0. The molecule has 1 amide bonds. The van der Waals surface area contributed by atoms with Crippen LogP contribution in [0.3, 0.4) is 0 Å². The SMILES string of the molecule is CCOC(=O)c1nnnn1CC(=O)Nc1nccs1. The highest BCUT2D eigenvalue weighted by atomic mass is 32.1. The van der Waals surface area contributed by atoms with Crippen LogP contribution < -0.4 is 5.32 Å². The van der Waals surface area contributed by atoms with Gasteiger partial charge in [0.15, 0.2) is 5.13 Å². The van der Waals surface area contributed by atoms with Crippen LogP contribution in [0.25, 0.3) is 0 Å². The number of hydrogen-bond acceptors (Lipinski definition) is 8. The number of tetrazole rings is 1. The summed E-state index contributed by atoms with van der Waals surface area (Å²) in [6.45, 7) is 1.68. The summed E-state index contributed by atoms with van der Waals surface area (Å²) in [7, 11) is 0. The van der Waals surface area contributed by atoms with E-state index in [9.17, 15) is 9.59 Å². The van der Waals surface area contributed by atoms with Gasteiger partial charge in [-0.1, -0.05) is 0 Å². The molecule has 0 bridgehead atoms. The molecule has 2 aromatic heterocycles. The van der Waals surface area contributed by atoms with Crippen molar-refractivity contribution in [3.05, 3.63) is 17.4 Å². The minimum atomic E-state index is -0.672. The van der Waals surface area contributed by atoms with Crippen molar-refractivity contribution in [2.24, 2.45) is 0 Å². The predicted molar refractivity (Wildman–Crippen MR) is 64.5 cm³/mol. The van der Waals surface area contributed by atoms with Crippen LogP contribution in [-0.2, 0) is 16.1 Å². The van der Waals surface area contributed by atoms with E-state index in [1.807, 2.05) is 0 Å². The fourth-order valence-corrected chi connectivity index (χ4v) is 1.78. The number of rotatable bonds is 5. The Hall–Kier alpha value is -2.36. The molecule has 1 N–H and O–H groups in total. The number of anilines is 1. The number of ether oxygens (including phenoxy) is 1. The molecule has 9 nitrogen and oxygen atoms in total. The maximum atomic E-state index is 11.7. The van der Waals surface area contributed by atoms with Crippen molar-refractivity contribution in [1.29, 1.82) is 0 Å². The Kier molecular flexibility index (Phi) is 4.13. The lowest BCUT2D eigenvalue weighted by Gasteiger charge is -2.03. The van der Waals surface area contributed by atoms with Gasteiger partial charge in [0.2, 0.25) is 5.91 Å². The third-order valence-electron chi connectivity index (χ3n) is 1.96. The van der Waals surface area contributed by atoms with Crippen LogP contribution in [0.5, 0.6) is 0 Å². The topological polar surface area (TPSA) is 112 Å². The second-order valence-corrected chi connectivity index (χ2v) is 4.16. The van der Waals surface area contributed by atoms with Crippen LogP contribution in [0.15, 0.2) is 11.6 Å². The lowest BCUT2D eigenvalue weighted by molar-refractivity contribution is -0.116. The molecule has 0 aliphatic carbocycles. The molecule has 2 heterocycles. The Bertz CT molecular complexity index is 566. The van der Waals surface area contributed by atoms with Gasteiger partial charge in [0.25, 0.3) is 5.82 Å². The van der Waals surface area contributed by atoms with Crippen LogP contribution in [-0.4, -0.2) is 43.7 Å². The van der Waals surface area contributed by atoms with Gasteiger partial charge in [0, 0.05) is 11.6 Å². The lowest BCUT2D eigenvalue weighted by Crippen LogP contribution is -2.23.